The van der Waals surface area contributed by atoms with Crippen molar-refractivity contribution in [1.29, 1.82) is 0 Å². The third-order valence-electron chi connectivity index (χ3n) is 4.24. The summed E-state index contributed by atoms with van der Waals surface area (Å²) in [6, 6.07) is 0. The number of allylic oxidation sites excluding steroid dienone is 4. The molecule has 0 saturated heterocycles. The minimum Gasteiger partial charge on any atom is -0.294 e. The van der Waals surface area contributed by atoms with Crippen molar-refractivity contribution in [2.24, 2.45) is 16.7 Å². The second-order valence-corrected chi connectivity index (χ2v) is 5.95. The van der Waals surface area contributed by atoms with Crippen LogP contribution in [0.3, 0.4) is 0 Å². The average molecular weight is 204 g/mol. The molecule has 0 aliphatic heterocycles. The number of carbonyl (C=O) groups is 1. The first-order chi connectivity index (χ1) is 6.86. The van der Waals surface area contributed by atoms with Crippen molar-refractivity contribution >= 4 is 5.78 Å². The maximum Gasteiger partial charge on any atom is 0.161 e. The minimum atomic E-state index is -0.156. The van der Waals surface area contributed by atoms with Crippen molar-refractivity contribution in [1.82, 2.24) is 0 Å². The van der Waals surface area contributed by atoms with E-state index in [1.165, 1.54) is 5.57 Å². The van der Waals surface area contributed by atoms with E-state index in [1.54, 1.807) is 6.08 Å². The Morgan fingerprint density at radius 1 is 1.33 bits per heavy atom. The molecule has 0 saturated carbocycles. The van der Waals surface area contributed by atoms with Crippen LogP contribution in [0.1, 0.15) is 40.5 Å². The Hall–Kier alpha value is -0.850. The highest BCUT2D eigenvalue weighted by Crippen LogP contribution is 2.53. The first-order valence-corrected chi connectivity index (χ1v) is 5.75. The molecule has 82 valence electrons. The van der Waals surface area contributed by atoms with Gasteiger partial charge in [-0.1, -0.05) is 38.5 Å². The molecule has 0 heterocycles. The quantitative estimate of drug-likeness (QED) is 0.552. The van der Waals surface area contributed by atoms with Crippen LogP contribution in [0, 0.1) is 16.7 Å². The predicted molar refractivity (Wildman–Crippen MR) is 62.5 cm³/mol. The fourth-order valence-corrected chi connectivity index (χ4v) is 3.33. The van der Waals surface area contributed by atoms with Crippen molar-refractivity contribution in [3.63, 3.8) is 0 Å². The van der Waals surface area contributed by atoms with E-state index in [0.717, 1.165) is 12.8 Å². The van der Waals surface area contributed by atoms with E-state index in [-0.39, 0.29) is 10.8 Å². The Labute approximate surface area is 92.3 Å². The second-order valence-electron chi connectivity index (χ2n) is 5.95. The summed E-state index contributed by atoms with van der Waals surface area (Å²) in [6.45, 7) is 8.77. The lowest BCUT2D eigenvalue weighted by atomic mass is 9.54. The lowest BCUT2D eigenvalue weighted by molar-refractivity contribution is -0.130. The molecule has 15 heavy (non-hydrogen) atoms. The topological polar surface area (TPSA) is 17.1 Å². The number of hydrogen-bond acceptors (Lipinski definition) is 1. The van der Waals surface area contributed by atoms with Crippen molar-refractivity contribution in [3.8, 4) is 0 Å². The summed E-state index contributed by atoms with van der Waals surface area (Å²) in [4.78, 5) is 12.1. The molecule has 0 aromatic carbocycles. The molecule has 2 aliphatic rings. The highest BCUT2D eigenvalue weighted by Gasteiger charge is 2.49. The molecular formula is C14H20O. The Bertz CT molecular complexity index is 360. The average Bonchev–Trinajstić information content (AvgIpc) is 2.11. The molecule has 0 radical (unpaired) electrons. The number of hydrogen-bond donors (Lipinski definition) is 0. The summed E-state index contributed by atoms with van der Waals surface area (Å²) < 4.78 is 0. The monoisotopic (exact) mass is 204 g/mol. The Morgan fingerprint density at radius 2 is 2.00 bits per heavy atom. The molecule has 0 amide bonds. The van der Waals surface area contributed by atoms with E-state index in [9.17, 15) is 4.79 Å². The molecule has 0 unspecified atom stereocenters. The largest absolute Gasteiger partial charge is 0.294 e. The summed E-state index contributed by atoms with van der Waals surface area (Å²) >= 11 is 0. The van der Waals surface area contributed by atoms with Gasteiger partial charge in [-0.25, -0.2) is 0 Å². The van der Waals surface area contributed by atoms with Crippen LogP contribution in [0.2, 0.25) is 0 Å². The number of carbonyl (C=O) groups excluding carboxylic acids is 1. The maximum absolute atomic E-state index is 12.1. The Balaban J connectivity index is 2.48. The third kappa shape index (κ3) is 1.49. The molecule has 2 rings (SSSR count). The highest BCUT2D eigenvalue weighted by atomic mass is 16.1. The van der Waals surface area contributed by atoms with Gasteiger partial charge in [0.15, 0.2) is 5.78 Å². The van der Waals surface area contributed by atoms with Crippen LogP contribution in [-0.4, -0.2) is 5.78 Å². The first-order valence-electron chi connectivity index (χ1n) is 5.75. The fraction of sp³-hybridized carbons (Fsp3) is 0.643. The summed E-state index contributed by atoms with van der Waals surface area (Å²) in [5.41, 5.74) is 1.37. The van der Waals surface area contributed by atoms with Gasteiger partial charge in [-0.3, -0.25) is 4.79 Å². The van der Waals surface area contributed by atoms with Gasteiger partial charge in [0.1, 0.15) is 0 Å². The number of fused-ring (bicyclic) bond motifs is 1. The summed E-state index contributed by atoms with van der Waals surface area (Å²) in [5, 5.41) is 0. The summed E-state index contributed by atoms with van der Waals surface area (Å²) in [7, 11) is 0. The van der Waals surface area contributed by atoms with Crippen LogP contribution in [0.4, 0.5) is 0 Å². The Kier molecular flexibility index (Phi) is 2.18. The van der Waals surface area contributed by atoms with Gasteiger partial charge < -0.3 is 0 Å². The van der Waals surface area contributed by atoms with Gasteiger partial charge in [0.05, 0.1) is 0 Å². The SMILES string of the molecule is CC1=CC[C@@H]2C(C)(C)C=CC(=O)[C@]2(C)C1. The van der Waals surface area contributed by atoms with E-state index < -0.39 is 0 Å². The van der Waals surface area contributed by atoms with Crippen LogP contribution in [-0.2, 0) is 4.79 Å². The van der Waals surface area contributed by atoms with Gasteiger partial charge in [0.2, 0.25) is 0 Å². The zero-order valence-electron chi connectivity index (χ0n) is 10.1. The van der Waals surface area contributed by atoms with Crippen molar-refractivity contribution in [3.05, 3.63) is 23.8 Å². The first kappa shape index (κ1) is 10.7. The molecular weight excluding hydrogens is 184 g/mol. The molecule has 0 N–H and O–H groups in total. The second kappa shape index (κ2) is 3.07. The van der Waals surface area contributed by atoms with E-state index >= 15 is 0 Å². The van der Waals surface area contributed by atoms with Gasteiger partial charge in [-0.05, 0) is 37.2 Å². The van der Waals surface area contributed by atoms with Crippen LogP contribution in [0.15, 0.2) is 23.8 Å². The third-order valence-corrected chi connectivity index (χ3v) is 4.24. The van der Waals surface area contributed by atoms with Crippen LogP contribution < -0.4 is 0 Å². The highest BCUT2D eigenvalue weighted by molar-refractivity contribution is 5.96. The zero-order valence-corrected chi connectivity index (χ0v) is 10.1. The number of ketones is 1. The molecule has 1 nitrogen and oxygen atoms in total. The van der Waals surface area contributed by atoms with Crippen LogP contribution in [0.25, 0.3) is 0 Å². The van der Waals surface area contributed by atoms with Crippen molar-refractivity contribution < 1.29 is 4.79 Å². The van der Waals surface area contributed by atoms with E-state index in [4.69, 9.17) is 0 Å². The molecule has 2 atom stereocenters. The normalized spacial score (nSPS) is 38.5. The lowest BCUT2D eigenvalue weighted by Gasteiger charge is -2.48. The van der Waals surface area contributed by atoms with Gasteiger partial charge in [-0.15, -0.1) is 0 Å². The van der Waals surface area contributed by atoms with E-state index in [1.807, 2.05) is 0 Å². The predicted octanol–water partition coefficient (Wildman–Crippen LogP) is 3.51. The Morgan fingerprint density at radius 3 is 2.67 bits per heavy atom. The molecule has 2 aliphatic carbocycles. The van der Waals surface area contributed by atoms with Gasteiger partial charge in [0, 0.05) is 5.41 Å². The van der Waals surface area contributed by atoms with Crippen LogP contribution in [0.5, 0.6) is 0 Å². The van der Waals surface area contributed by atoms with Gasteiger partial charge >= 0.3 is 0 Å². The molecule has 0 aromatic heterocycles. The molecule has 1 heteroatoms. The smallest absolute Gasteiger partial charge is 0.161 e. The fourth-order valence-electron chi connectivity index (χ4n) is 3.33. The van der Waals surface area contributed by atoms with Crippen molar-refractivity contribution in [2.45, 2.75) is 40.5 Å². The molecule has 0 fully saturated rings. The van der Waals surface area contributed by atoms with Crippen LogP contribution >= 0.6 is 0 Å². The zero-order chi connectivity index (χ0) is 11.3. The summed E-state index contributed by atoms with van der Waals surface area (Å²) in [6.07, 6.45) is 8.18. The summed E-state index contributed by atoms with van der Waals surface area (Å²) in [5.74, 6) is 0.783. The van der Waals surface area contributed by atoms with Gasteiger partial charge in [-0.2, -0.15) is 0 Å². The lowest BCUT2D eigenvalue weighted by Crippen LogP contribution is -2.46. The standard InChI is InChI=1S/C14H20O/c1-10-5-6-11-13(2,3)8-7-12(15)14(11,4)9-10/h5,7-8,11H,6,9H2,1-4H3/t11-,14-/m1/s1. The van der Waals surface area contributed by atoms with Gasteiger partial charge in [0.25, 0.3) is 0 Å². The number of rotatable bonds is 0. The maximum atomic E-state index is 12.1. The van der Waals surface area contributed by atoms with Crippen molar-refractivity contribution in [2.75, 3.05) is 0 Å². The molecule has 0 spiro atoms. The van der Waals surface area contributed by atoms with E-state index in [2.05, 4.69) is 39.8 Å². The van der Waals surface area contributed by atoms with E-state index in [0.29, 0.717) is 11.7 Å². The molecule has 0 aromatic rings. The minimum absolute atomic E-state index is 0.153. The molecule has 0 bridgehead atoms.